The van der Waals surface area contributed by atoms with Crippen molar-refractivity contribution in [3.63, 3.8) is 0 Å². The second kappa shape index (κ2) is 12.4. The number of carbonyl (C=O) groups is 1. The highest BCUT2D eigenvalue weighted by atomic mass is 32.2. The Hall–Kier alpha value is -1.00. The Labute approximate surface area is 254 Å². The highest BCUT2D eigenvalue weighted by Gasteiger charge is 2.70. The van der Waals surface area contributed by atoms with Crippen LogP contribution in [-0.4, -0.2) is 66.3 Å². The van der Waals surface area contributed by atoms with Crippen LogP contribution in [0.4, 0.5) is 0 Å². The molecule has 0 aliphatic heterocycles. The molecular weight excluding hydrogens is 554 g/mol. The molecule has 9 heteroatoms. The molecule has 4 saturated carbocycles. The summed E-state index contributed by atoms with van der Waals surface area (Å²) in [6.45, 7) is 15.7. The van der Waals surface area contributed by atoms with Crippen molar-refractivity contribution in [1.82, 2.24) is 5.32 Å². The van der Waals surface area contributed by atoms with E-state index < -0.39 is 16.2 Å². The summed E-state index contributed by atoms with van der Waals surface area (Å²) in [5, 5.41) is 26.1. The van der Waals surface area contributed by atoms with E-state index in [1.54, 1.807) is 0 Å². The Morgan fingerprint density at radius 1 is 1.10 bits per heavy atom. The van der Waals surface area contributed by atoms with E-state index in [1.165, 1.54) is 6.92 Å². The van der Waals surface area contributed by atoms with Gasteiger partial charge in [-0.15, -0.1) is 0 Å². The maximum atomic E-state index is 12.5. The van der Waals surface area contributed by atoms with Gasteiger partial charge in [-0.05, 0) is 103 Å². The monoisotopic (exact) mass is 611 g/mol. The van der Waals surface area contributed by atoms with Crippen LogP contribution in [0.3, 0.4) is 0 Å². The molecule has 8 nitrogen and oxygen atoms in total. The number of hydrogen-bond donors (Lipinski definition) is 4. The molecule has 0 unspecified atom stereocenters. The van der Waals surface area contributed by atoms with Gasteiger partial charge in [0.25, 0.3) is 10.1 Å². The zero-order valence-corrected chi connectivity index (χ0v) is 27.8. The van der Waals surface area contributed by atoms with Crippen LogP contribution in [0.15, 0.2) is 11.1 Å². The molecule has 0 heterocycles. The van der Waals surface area contributed by atoms with Crippen LogP contribution in [0, 0.1) is 45.8 Å². The molecule has 4 rings (SSSR count). The summed E-state index contributed by atoms with van der Waals surface area (Å²) in [5.74, 6) is 0.589. The molecule has 0 saturated heterocycles. The number of nitrogens with one attached hydrogen (secondary N) is 1. The Bertz CT molecular complexity index is 1140. The lowest BCUT2D eigenvalue weighted by Gasteiger charge is -2.69. The molecule has 0 amide bonds. The molecule has 0 aromatic rings. The van der Waals surface area contributed by atoms with Gasteiger partial charge in [-0.2, -0.15) is 8.42 Å². The van der Waals surface area contributed by atoms with Crippen LogP contribution >= 0.6 is 0 Å². The molecule has 0 aromatic carbocycles. The van der Waals surface area contributed by atoms with Crippen LogP contribution in [-0.2, 0) is 19.6 Å². The number of aliphatic hydroxyl groups is 2. The Morgan fingerprint density at radius 2 is 1.79 bits per heavy atom. The molecule has 42 heavy (non-hydrogen) atoms. The van der Waals surface area contributed by atoms with Crippen LogP contribution in [0.5, 0.6) is 0 Å². The largest absolute Gasteiger partial charge is 0.458 e. The van der Waals surface area contributed by atoms with E-state index in [4.69, 9.17) is 4.74 Å². The summed E-state index contributed by atoms with van der Waals surface area (Å²) < 4.78 is 38.1. The standard InChI is InChI=1S/C33H57NO7S/c1-20(2)9-8-10-23(19-34-15-16-42(38,39)40)29-25-17-27(37)30-31(5)13-12-26(36)21(3)24(31)11-14-32(30,6)33(25,7)18-28(29)41-22(4)35/h20-21,24-28,30,34,36-37H,8-19H2,1-7H3,(H,38,39,40)/b29-23+/t21-,24-,25-,26+,27+,28-,30-,31-,32-,33-/m0/s1. The topological polar surface area (TPSA) is 133 Å². The molecule has 4 N–H and O–H groups in total. The van der Waals surface area contributed by atoms with Gasteiger partial charge in [-0.3, -0.25) is 9.35 Å². The second-order valence-corrected chi connectivity index (χ2v) is 17.0. The highest BCUT2D eigenvalue weighted by Crippen LogP contribution is 2.74. The predicted octanol–water partition coefficient (Wildman–Crippen LogP) is 5.14. The first-order valence-electron chi connectivity index (χ1n) is 16.4. The van der Waals surface area contributed by atoms with Crippen LogP contribution in [0.25, 0.3) is 0 Å². The number of carbonyl (C=O) groups excluding carboxylic acids is 1. The molecule has 10 atom stereocenters. The maximum Gasteiger partial charge on any atom is 0.303 e. The summed E-state index contributed by atoms with van der Waals surface area (Å²) in [6, 6.07) is 0. The fraction of sp³-hybridized carbons (Fsp3) is 0.909. The van der Waals surface area contributed by atoms with Gasteiger partial charge in [0.05, 0.1) is 18.0 Å². The highest BCUT2D eigenvalue weighted by molar-refractivity contribution is 7.85. The Morgan fingerprint density at radius 3 is 2.40 bits per heavy atom. The van der Waals surface area contributed by atoms with Crippen LogP contribution < -0.4 is 5.32 Å². The molecular formula is C33H57NO7S. The van der Waals surface area contributed by atoms with E-state index in [2.05, 4.69) is 46.9 Å². The van der Waals surface area contributed by atoms with Crippen molar-refractivity contribution in [1.29, 1.82) is 0 Å². The SMILES string of the molecule is CC(=O)O[C@H]1C[C@@]2(C)[C@@H](C[C@@H](O)[C@H]3[C@@]4(C)CC[C@@H](O)[C@@H](C)[C@@H]4CC[C@@]32C)/C1=C(/CCCC(C)C)CNCCS(=O)(=O)O. The maximum absolute atomic E-state index is 12.5. The predicted molar refractivity (Wildman–Crippen MR) is 164 cm³/mol. The summed E-state index contributed by atoms with van der Waals surface area (Å²) >= 11 is 0. The van der Waals surface area contributed by atoms with Crippen molar-refractivity contribution >= 4 is 16.1 Å². The zero-order valence-electron chi connectivity index (χ0n) is 27.0. The number of rotatable bonds is 10. The van der Waals surface area contributed by atoms with Gasteiger partial charge in [-0.25, -0.2) is 0 Å². The molecule has 4 fully saturated rings. The van der Waals surface area contributed by atoms with Crippen molar-refractivity contribution in [2.45, 2.75) is 125 Å². The molecule has 242 valence electrons. The number of aliphatic hydroxyl groups excluding tert-OH is 2. The quantitative estimate of drug-likeness (QED) is 0.116. The van der Waals surface area contributed by atoms with Gasteiger partial charge in [0.2, 0.25) is 0 Å². The minimum atomic E-state index is -4.07. The molecule has 4 aliphatic rings. The number of ether oxygens (including phenoxy) is 1. The normalized spacial score (nSPS) is 43.0. The van der Waals surface area contributed by atoms with E-state index in [9.17, 15) is 28.0 Å². The van der Waals surface area contributed by atoms with Gasteiger partial charge in [-0.1, -0.05) is 53.5 Å². The molecule has 0 spiro atoms. The van der Waals surface area contributed by atoms with E-state index in [0.29, 0.717) is 31.2 Å². The second-order valence-electron chi connectivity index (χ2n) is 15.4. The van der Waals surface area contributed by atoms with E-state index >= 15 is 0 Å². The molecule has 0 aromatic heterocycles. The van der Waals surface area contributed by atoms with Gasteiger partial charge < -0.3 is 20.3 Å². The van der Waals surface area contributed by atoms with Crippen LogP contribution in [0.2, 0.25) is 0 Å². The first-order valence-corrected chi connectivity index (χ1v) is 18.0. The fourth-order valence-corrected chi connectivity index (χ4v) is 10.9. The Kier molecular flexibility index (Phi) is 10.0. The summed E-state index contributed by atoms with van der Waals surface area (Å²) in [5.41, 5.74) is 1.82. The lowest BCUT2D eigenvalue weighted by Crippen LogP contribution is -2.65. The van der Waals surface area contributed by atoms with Gasteiger partial charge in [0.1, 0.15) is 6.10 Å². The van der Waals surface area contributed by atoms with Crippen LogP contribution in [0.1, 0.15) is 106 Å². The average molecular weight is 612 g/mol. The number of hydrogen-bond acceptors (Lipinski definition) is 7. The average Bonchev–Trinajstić information content (AvgIpc) is 3.14. The molecule has 4 aliphatic carbocycles. The minimum Gasteiger partial charge on any atom is -0.458 e. The van der Waals surface area contributed by atoms with E-state index in [-0.39, 0.29) is 64.5 Å². The van der Waals surface area contributed by atoms with Gasteiger partial charge >= 0.3 is 5.97 Å². The van der Waals surface area contributed by atoms with Gasteiger partial charge in [0, 0.05) is 20.0 Å². The molecule has 0 bridgehead atoms. The van der Waals surface area contributed by atoms with E-state index in [1.807, 2.05) is 0 Å². The number of esters is 1. The zero-order chi connectivity index (χ0) is 31.3. The van der Waals surface area contributed by atoms with Crippen molar-refractivity contribution in [2.24, 2.45) is 45.8 Å². The summed E-state index contributed by atoms with van der Waals surface area (Å²) in [4.78, 5) is 12.5. The Balaban J connectivity index is 1.75. The van der Waals surface area contributed by atoms with E-state index in [0.717, 1.165) is 56.1 Å². The first-order chi connectivity index (χ1) is 19.4. The summed E-state index contributed by atoms with van der Waals surface area (Å²) in [6.07, 6.45) is 6.65. The minimum absolute atomic E-state index is 0.0438. The van der Waals surface area contributed by atoms with Crippen molar-refractivity contribution < 1.29 is 32.7 Å². The van der Waals surface area contributed by atoms with Crippen molar-refractivity contribution in [3.05, 3.63) is 11.1 Å². The summed E-state index contributed by atoms with van der Waals surface area (Å²) in [7, 11) is -4.07. The van der Waals surface area contributed by atoms with Crippen molar-refractivity contribution in [3.8, 4) is 0 Å². The third-order valence-electron chi connectivity index (χ3n) is 12.6. The van der Waals surface area contributed by atoms with Gasteiger partial charge in [0.15, 0.2) is 0 Å². The first kappa shape index (κ1) is 33.9. The number of fused-ring (bicyclic) bond motifs is 5. The molecule has 0 radical (unpaired) electrons. The van der Waals surface area contributed by atoms with Crippen molar-refractivity contribution in [2.75, 3.05) is 18.8 Å². The fourth-order valence-electron chi connectivity index (χ4n) is 10.5. The lowest BCUT2D eigenvalue weighted by atomic mass is 9.36. The third-order valence-corrected chi connectivity index (χ3v) is 13.3. The smallest absolute Gasteiger partial charge is 0.303 e. The lowest BCUT2D eigenvalue weighted by molar-refractivity contribution is -0.234. The third kappa shape index (κ3) is 6.24.